The number of hydrogen-bond donors (Lipinski definition) is 1. The maximum atomic E-state index is 9.07. The molecule has 0 fully saturated rings. The van der Waals surface area contributed by atoms with Gasteiger partial charge >= 0.3 is 0 Å². The van der Waals surface area contributed by atoms with Gasteiger partial charge in [-0.25, -0.2) is 4.98 Å². The van der Waals surface area contributed by atoms with E-state index in [1.807, 2.05) is 10.8 Å². The third kappa shape index (κ3) is 1.50. The van der Waals surface area contributed by atoms with E-state index >= 15 is 0 Å². The zero-order chi connectivity index (χ0) is 11.9. The first-order valence-corrected chi connectivity index (χ1v) is 5.10. The van der Waals surface area contributed by atoms with Crippen molar-refractivity contribution in [1.82, 2.24) is 9.55 Å². The van der Waals surface area contributed by atoms with E-state index in [0.717, 1.165) is 11.0 Å². The lowest BCUT2D eigenvalue weighted by Gasteiger charge is -2.21. The summed E-state index contributed by atoms with van der Waals surface area (Å²) in [5, 5.41) is 9.89. The molecule has 0 saturated carbocycles. The molecule has 0 bridgehead atoms. The predicted octanol–water partition coefficient (Wildman–Crippen LogP) is 2.25. The monoisotopic (exact) mass is 214 g/mol. The third-order valence-electron chi connectivity index (χ3n) is 2.51. The first-order valence-electron chi connectivity index (χ1n) is 5.10. The van der Waals surface area contributed by atoms with Crippen LogP contribution in [0.3, 0.4) is 0 Å². The molecule has 2 aromatic heterocycles. The molecule has 2 rings (SSSR count). The van der Waals surface area contributed by atoms with Crippen LogP contribution in [0.25, 0.3) is 11.0 Å². The summed E-state index contributed by atoms with van der Waals surface area (Å²) in [6.45, 7) is 6.23. The Hall–Kier alpha value is -2.02. The average Bonchev–Trinajstić information content (AvgIpc) is 2.55. The molecule has 0 radical (unpaired) electrons. The number of pyridine rings is 1. The van der Waals surface area contributed by atoms with Crippen molar-refractivity contribution >= 4 is 16.7 Å². The standard InChI is InChI=1S/C12H14N4/c1-12(2,3)16-7-8(5-13)10-4-9(14)6-15-11(10)16/h4,6-7H,14H2,1-3H3. The zero-order valence-electron chi connectivity index (χ0n) is 9.65. The summed E-state index contributed by atoms with van der Waals surface area (Å²) in [6.07, 6.45) is 3.45. The first kappa shape index (κ1) is 10.5. The summed E-state index contributed by atoms with van der Waals surface area (Å²) in [4.78, 5) is 4.30. The Kier molecular flexibility index (Phi) is 2.13. The fraction of sp³-hybridized carbons (Fsp3) is 0.333. The largest absolute Gasteiger partial charge is 0.397 e. The van der Waals surface area contributed by atoms with Crippen molar-refractivity contribution in [1.29, 1.82) is 5.26 Å². The maximum Gasteiger partial charge on any atom is 0.141 e. The van der Waals surface area contributed by atoms with Crippen molar-refractivity contribution in [2.24, 2.45) is 0 Å². The summed E-state index contributed by atoms with van der Waals surface area (Å²) in [5.74, 6) is 0. The Bertz CT molecular complexity index is 581. The quantitative estimate of drug-likeness (QED) is 0.731. The first-order chi connectivity index (χ1) is 7.43. The molecule has 2 aromatic rings. The van der Waals surface area contributed by atoms with Gasteiger partial charge in [0.1, 0.15) is 11.7 Å². The second-order valence-corrected chi connectivity index (χ2v) is 4.84. The highest BCUT2D eigenvalue weighted by Gasteiger charge is 2.19. The molecule has 4 nitrogen and oxygen atoms in total. The van der Waals surface area contributed by atoms with Gasteiger partial charge in [-0.2, -0.15) is 5.26 Å². The summed E-state index contributed by atoms with van der Waals surface area (Å²) in [6, 6.07) is 3.97. The summed E-state index contributed by atoms with van der Waals surface area (Å²) < 4.78 is 2.00. The van der Waals surface area contributed by atoms with Crippen molar-refractivity contribution in [2.75, 3.05) is 5.73 Å². The lowest BCUT2D eigenvalue weighted by atomic mass is 10.1. The number of nitrogen functional groups attached to an aromatic ring is 1. The Labute approximate surface area is 94.3 Å². The normalized spacial score (nSPS) is 11.6. The maximum absolute atomic E-state index is 9.07. The second kappa shape index (κ2) is 3.24. The fourth-order valence-corrected chi connectivity index (χ4v) is 1.72. The van der Waals surface area contributed by atoms with Crippen molar-refractivity contribution in [3.63, 3.8) is 0 Å². The van der Waals surface area contributed by atoms with Crippen LogP contribution in [-0.2, 0) is 5.54 Å². The van der Waals surface area contributed by atoms with E-state index in [2.05, 4.69) is 31.8 Å². The van der Waals surface area contributed by atoms with Gasteiger partial charge in [0.25, 0.3) is 0 Å². The lowest BCUT2D eigenvalue weighted by molar-refractivity contribution is 0.408. The van der Waals surface area contributed by atoms with Crippen molar-refractivity contribution in [3.05, 3.63) is 24.0 Å². The van der Waals surface area contributed by atoms with E-state index in [1.165, 1.54) is 0 Å². The van der Waals surface area contributed by atoms with Crippen LogP contribution in [0.1, 0.15) is 26.3 Å². The van der Waals surface area contributed by atoms with E-state index in [1.54, 1.807) is 12.3 Å². The highest BCUT2D eigenvalue weighted by molar-refractivity contribution is 5.85. The SMILES string of the molecule is CC(C)(C)n1cc(C#N)c2cc(N)cnc21. The molecule has 0 aromatic carbocycles. The summed E-state index contributed by atoms with van der Waals surface area (Å²) >= 11 is 0. The molecule has 0 unspecified atom stereocenters. The van der Waals surface area contributed by atoms with Crippen LogP contribution < -0.4 is 5.73 Å². The molecule has 2 heterocycles. The van der Waals surface area contributed by atoms with Crippen LogP contribution in [0.4, 0.5) is 5.69 Å². The van der Waals surface area contributed by atoms with E-state index in [0.29, 0.717) is 11.3 Å². The summed E-state index contributed by atoms with van der Waals surface area (Å²) in [7, 11) is 0. The molecule has 82 valence electrons. The van der Waals surface area contributed by atoms with Crippen LogP contribution in [0.15, 0.2) is 18.5 Å². The molecule has 2 N–H and O–H groups in total. The van der Waals surface area contributed by atoms with Crippen LogP contribution in [0, 0.1) is 11.3 Å². The van der Waals surface area contributed by atoms with E-state index < -0.39 is 0 Å². The molecule has 0 saturated heterocycles. The van der Waals surface area contributed by atoms with Gasteiger partial charge in [-0.15, -0.1) is 0 Å². The molecule has 16 heavy (non-hydrogen) atoms. The van der Waals surface area contributed by atoms with Gasteiger partial charge in [0.2, 0.25) is 0 Å². The molecule has 4 heteroatoms. The molecular formula is C12H14N4. The lowest BCUT2D eigenvalue weighted by Crippen LogP contribution is -2.20. The molecule has 0 amide bonds. The van der Waals surface area contributed by atoms with Crippen LogP contribution in [0.2, 0.25) is 0 Å². The van der Waals surface area contributed by atoms with Crippen LogP contribution >= 0.6 is 0 Å². The number of nitrogens with two attached hydrogens (primary N) is 1. The number of aromatic nitrogens is 2. The number of nitriles is 1. The molecular weight excluding hydrogens is 200 g/mol. The van der Waals surface area contributed by atoms with Gasteiger partial charge in [0.15, 0.2) is 0 Å². The smallest absolute Gasteiger partial charge is 0.141 e. The second-order valence-electron chi connectivity index (χ2n) is 4.84. The molecule has 0 aliphatic carbocycles. The highest BCUT2D eigenvalue weighted by Crippen LogP contribution is 2.26. The molecule has 0 aliphatic heterocycles. The van der Waals surface area contributed by atoms with E-state index in [-0.39, 0.29) is 5.54 Å². The average molecular weight is 214 g/mol. The number of hydrogen-bond acceptors (Lipinski definition) is 3. The molecule has 0 atom stereocenters. The topological polar surface area (TPSA) is 67.6 Å². The van der Waals surface area contributed by atoms with Gasteiger partial charge in [0, 0.05) is 17.1 Å². The van der Waals surface area contributed by atoms with E-state index in [9.17, 15) is 0 Å². The third-order valence-corrected chi connectivity index (χ3v) is 2.51. The number of anilines is 1. The van der Waals surface area contributed by atoms with Gasteiger partial charge in [-0.1, -0.05) is 0 Å². The minimum absolute atomic E-state index is 0.101. The van der Waals surface area contributed by atoms with Crippen molar-refractivity contribution < 1.29 is 0 Å². The van der Waals surface area contributed by atoms with Crippen LogP contribution in [0.5, 0.6) is 0 Å². The number of fused-ring (bicyclic) bond motifs is 1. The van der Waals surface area contributed by atoms with E-state index in [4.69, 9.17) is 11.0 Å². The predicted molar refractivity (Wildman–Crippen MR) is 63.9 cm³/mol. The highest BCUT2D eigenvalue weighted by atomic mass is 15.1. The van der Waals surface area contributed by atoms with Crippen molar-refractivity contribution in [2.45, 2.75) is 26.3 Å². The Morgan fingerprint density at radius 2 is 2.12 bits per heavy atom. The molecule has 0 spiro atoms. The zero-order valence-corrected chi connectivity index (χ0v) is 9.65. The minimum Gasteiger partial charge on any atom is -0.397 e. The van der Waals surface area contributed by atoms with Gasteiger partial charge < -0.3 is 10.3 Å². The van der Waals surface area contributed by atoms with Gasteiger partial charge in [-0.05, 0) is 26.8 Å². The number of rotatable bonds is 0. The fourth-order valence-electron chi connectivity index (χ4n) is 1.72. The van der Waals surface area contributed by atoms with Gasteiger partial charge in [0.05, 0.1) is 17.4 Å². The van der Waals surface area contributed by atoms with Crippen molar-refractivity contribution in [3.8, 4) is 6.07 Å². The summed E-state index contributed by atoms with van der Waals surface area (Å²) in [5.41, 5.74) is 7.58. The van der Waals surface area contributed by atoms with Crippen LogP contribution in [-0.4, -0.2) is 9.55 Å². The number of nitrogens with zero attached hydrogens (tertiary/aromatic N) is 3. The Morgan fingerprint density at radius 1 is 1.44 bits per heavy atom. The van der Waals surface area contributed by atoms with Gasteiger partial charge in [-0.3, -0.25) is 0 Å². The Morgan fingerprint density at radius 3 is 2.69 bits per heavy atom. The molecule has 0 aliphatic rings. The minimum atomic E-state index is -0.101. The Balaban J connectivity index is 2.85.